The summed E-state index contributed by atoms with van der Waals surface area (Å²) in [7, 11) is 0. The molecule has 0 spiro atoms. The van der Waals surface area contributed by atoms with E-state index in [-0.39, 0.29) is 11.7 Å². The van der Waals surface area contributed by atoms with Gasteiger partial charge in [0.2, 0.25) is 0 Å². The Labute approximate surface area is 125 Å². The molecule has 1 heterocycles. The van der Waals surface area contributed by atoms with Crippen LogP contribution in [0.25, 0.3) is 0 Å². The summed E-state index contributed by atoms with van der Waals surface area (Å²) in [5, 5.41) is 12.3. The van der Waals surface area contributed by atoms with Gasteiger partial charge >= 0.3 is 0 Å². The molecular formula is C12H9Br2NO2S. The van der Waals surface area contributed by atoms with E-state index in [1.54, 1.807) is 24.3 Å². The molecule has 3 nitrogen and oxygen atoms in total. The predicted molar refractivity (Wildman–Crippen MR) is 79.0 cm³/mol. The van der Waals surface area contributed by atoms with E-state index in [1.165, 1.54) is 11.3 Å². The van der Waals surface area contributed by atoms with Crippen LogP contribution in [0.5, 0.6) is 5.75 Å². The molecule has 0 radical (unpaired) electrons. The second kappa shape index (κ2) is 5.86. The summed E-state index contributed by atoms with van der Waals surface area (Å²) < 4.78 is 1.75. The summed E-state index contributed by atoms with van der Waals surface area (Å²) in [4.78, 5) is 12.5. The Balaban J connectivity index is 2.03. The Bertz CT molecular complexity index is 564. The Morgan fingerprint density at radius 2 is 2.06 bits per heavy atom. The van der Waals surface area contributed by atoms with E-state index < -0.39 is 0 Å². The van der Waals surface area contributed by atoms with Gasteiger partial charge in [-0.25, -0.2) is 0 Å². The molecule has 0 aliphatic carbocycles. The molecule has 2 rings (SSSR count). The zero-order valence-corrected chi connectivity index (χ0v) is 13.1. The van der Waals surface area contributed by atoms with Crippen LogP contribution in [0.4, 0.5) is 0 Å². The number of nitrogens with one attached hydrogen (secondary N) is 1. The standard InChI is InChI=1S/C12H9Br2NO2S/c13-8-5-10(18-11(8)14)12(17)15-6-7-3-1-2-4-9(7)16/h1-5,16H,6H2,(H,15,17). The van der Waals surface area contributed by atoms with Gasteiger partial charge in [-0.15, -0.1) is 11.3 Å². The summed E-state index contributed by atoms with van der Waals surface area (Å²) in [6.07, 6.45) is 0. The average Bonchev–Trinajstić information content (AvgIpc) is 2.68. The molecule has 2 N–H and O–H groups in total. The minimum absolute atomic E-state index is 0.158. The highest BCUT2D eigenvalue weighted by molar-refractivity contribution is 9.13. The fourth-order valence-corrected chi connectivity index (χ4v) is 3.33. The van der Waals surface area contributed by atoms with Crippen molar-refractivity contribution in [3.8, 4) is 5.75 Å². The number of carbonyl (C=O) groups is 1. The molecule has 18 heavy (non-hydrogen) atoms. The number of para-hydroxylation sites is 1. The lowest BCUT2D eigenvalue weighted by Crippen LogP contribution is -2.21. The highest BCUT2D eigenvalue weighted by Gasteiger charge is 2.12. The van der Waals surface area contributed by atoms with Gasteiger partial charge in [0.1, 0.15) is 5.75 Å². The zero-order chi connectivity index (χ0) is 13.1. The first-order valence-corrected chi connectivity index (χ1v) is 7.48. The Morgan fingerprint density at radius 3 is 2.67 bits per heavy atom. The molecular weight excluding hydrogens is 382 g/mol. The Kier molecular flexibility index (Phi) is 4.42. The number of benzene rings is 1. The number of rotatable bonds is 3. The highest BCUT2D eigenvalue weighted by Crippen LogP contribution is 2.32. The number of hydrogen-bond acceptors (Lipinski definition) is 3. The highest BCUT2D eigenvalue weighted by atomic mass is 79.9. The number of hydrogen-bond donors (Lipinski definition) is 2. The molecule has 0 unspecified atom stereocenters. The van der Waals surface area contributed by atoms with Crippen LogP contribution >= 0.6 is 43.2 Å². The minimum Gasteiger partial charge on any atom is -0.508 e. The van der Waals surface area contributed by atoms with Crippen LogP contribution in [-0.2, 0) is 6.54 Å². The number of carbonyl (C=O) groups excluding carboxylic acids is 1. The Hall–Kier alpha value is -0.850. The first-order chi connectivity index (χ1) is 8.58. The zero-order valence-electron chi connectivity index (χ0n) is 9.11. The van der Waals surface area contributed by atoms with Crippen molar-refractivity contribution in [2.75, 3.05) is 0 Å². The van der Waals surface area contributed by atoms with Crippen LogP contribution in [0.2, 0.25) is 0 Å². The normalized spacial score (nSPS) is 10.3. The lowest BCUT2D eigenvalue weighted by atomic mass is 10.2. The summed E-state index contributed by atoms with van der Waals surface area (Å²) in [6, 6.07) is 8.69. The van der Waals surface area contributed by atoms with Gasteiger partial charge < -0.3 is 10.4 Å². The van der Waals surface area contributed by atoms with Gasteiger partial charge in [0.25, 0.3) is 5.91 Å². The smallest absolute Gasteiger partial charge is 0.261 e. The molecule has 0 saturated carbocycles. The van der Waals surface area contributed by atoms with Crippen LogP contribution in [0.15, 0.2) is 38.6 Å². The maximum atomic E-state index is 11.9. The van der Waals surface area contributed by atoms with Crippen LogP contribution in [0, 0.1) is 0 Å². The largest absolute Gasteiger partial charge is 0.508 e. The van der Waals surface area contributed by atoms with Crippen LogP contribution in [-0.4, -0.2) is 11.0 Å². The number of thiophene rings is 1. The van der Waals surface area contributed by atoms with E-state index in [9.17, 15) is 9.90 Å². The molecule has 94 valence electrons. The van der Waals surface area contributed by atoms with Gasteiger partial charge in [-0.05, 0) is 44.0 Å². The van der Waals surface area contributed by atoms with E-state index >= 15 is 0 Å². The minimum atomic E-state index is -0.158. The molecule has 0 aliphatic rings. The van der Waals surface area contributed by atoms with Crippen molar-refractivity contribution >= 4 is 49.1 Å². The topological polar surface area (TPSA) is 49.3 Å². The quantitative estimate of drug-likeness (QED) is 0.834. The van der Waals surface area contributed by atoms with Crippen LogP contribution < -0.4 is 5.32 Å². The summed E-state index contributed by atoms with van der Waals surface area (Å²) >= 11 is 8.04. The number of aromatic hydroxyl groups is 1. The molecule has 6 heteroatoms. The number of phenolic OH excluding ortho intramolecular Hbond substituents is 1. The van der Waals surface area contributed by atoms with Gasteiger partial charge in [0.05, 0.1) is 8.66 Å². The SMILES string of the molecule is O=C(NCc1ccccc1O)c1cc(Br)c(Br)s1. The molecule has 1 aromatic carbocycles. The van der Waals surface area contributed by atoms with E-state index in [0.717, 1.165) is 8.26 Å². The molecule has 1 aromatic heterocycles. The van der Waals surface area contributed by atoms with E-state index in [4.69, 9.17) is 0 Å². The first-order valence-electron chi connectivity index (χ1n) is 5.08. The molecule has 0 saturated heterocycles. The molecule has 1 amide bonds. The lowest BCUT2D eigenvalue weighted by molar-refractivity contribution is 0.0955. The monoisotopic (exact) mass is 389 g/mol. The fraction of sp³-hybridized carbons (Fsp3) is 0.0833. The summed E-state index contributed by atoms with van der Waals surface area (Å²) in [5.41, 5.74) is 0.695. The van der Waals surface area contributed by atoms with Crippen molar-refractivity contribution in [1.29, 1.82) is 0 Å². The Morgan fingerprint density at radius 1 is 1.33 bits per heavy atom. The van der Waals surface area contributed by atoms with E-state index in [2.05, 4.69) is 37.2 Å². The third-order valence-corrected chi connectivity index (χ3v) is 5.55. The summed E-state index contributed by atoms with van der Waals surface area (Å²) in [5.74, 6) is 0.0287. The molecule has 0 fully saturated rings. The average molecular weight is 391 g/mol. The maximum absolute atomic E-state index is 11.9. The van der Waals surface area contributed by atoms with Crippen molar-refractivity contribution in [2.45, 2.75) is 6.54 Å². The summed E-state index contributed by atoms with van der Waals surface area (Å²) in [6.45, 7) is 0.304. The van der Waals surface area contributed by atoms with Gasteiger partial charge in [0, 0.05) is 16.6 Å². The number of amides is 1. The van der Waals surface area contributed by atoms with Crippen LogP contribution in [0.3, 0.4) is 0 Å². The van der Waals surface area contributed by atoms with Gasteiger partial charge in [-0.3, -0.25) is 4.79 Å². The van der Waals surface area contributed by atoms with E-state index in [1.807, 2.05) is 6.07 Å². The van der Waals surface area contributed by atoms with Crippen molar-refractivity contribution in [2.24, 2.45) is 0 Å². The molecule has 2 aromatic rings. The van der Waals surface area contributed by atoms with Crippen molar-refractivity contribution in [1.82, 2.24) is 5.32 Å². The van der Waals surface area contributed by atoms with Gasteiger partial charge in [0.15, 0.2) is 0 Å². The second-order valence-corrected chi connectivity index (χ2v) is 6.77. The molecule has 0 atom stereocenters. The number of halogens is 2. The van der Waals surface area contributed by atoms with Crippen molar-refractivity contribution in [3.63, 3.8) is 0 Å². The van der Waals surface area contributed by atoms with Crippen molar-refractivity contribution < 1.29 is 9.90 Å². The maximum Gasteiger partial charge on any atom is 0.261 e. The second-order valence-electron chi connectivity index (χ2n) is 3.54. The lowest BCUT2D eigenvalue weighted by Gasteiger charge is -2.05. The molecule has 0 bridgehead atoms. The third kappa shape index (κ3) is 3.13. The fourth-order valence-electron chi connectivity index (χ4n) is 1.38. The van der Waals surface area contributed by atoms with Crippen LogP contribution in [0.1, 0.15) is 15.2 Å². The van der Waals surface area contributed by atoms with E-state index in [0.29, 0.717) is 17.0 Å². The first kappa shape index (κ1) is 13.6. The predicted octanol–water partition coefficient (Wildman–Crippen LogP) is 3.91. The van der Waals surface area contributed by atoms with Crippen molar-refractivity contribution in [3.05, 3.63) is 49.0 Å². The van der Waals surface area contributed by atoms with Gasteiger partial charge in [-0.1, -0.05) is 18.2 Å². The number of phenols is 1. The molecule has 0 aliphatic heterocycles. The van der Waals surface area contributed by atoms with Gasteiger partial charge in [-0.2, -0.15) is 0 Å². The third-order valence-electron chi connectivity index (χ3n) is 2.30.